The molecule has 0 unspecified atom stereocenters. The zero-order valence-electron chi connectivity index (χ0n) is 10.3. The maximum Gasteiger partial charge on any atom is 0.305 e. The van der Waals surface area contributed by atoms with Crippen molar-refractivity contribution in [2.24, 2.45) is 10.2 Å². The number of rotatable bonds is 2. The van der Waals surface area contributed by atoms with E-state index in [0.29, 0.717) is 15.8 Å². The van der Waals surface area contributed by atoms with Gasteiger partial charge in [0.15, 0.2) is 5.69 Å². The van der Waals surface area contributed by atoms with Crippen LogP contribution in [0.1, 0.15) is 9.67 Å². The van der Waals surface area contributed by atoms with Crippen LogP contribution in [0.3, 0.4) is 0 Å². The summed E-state index contributed by atoms with van der Waals surface area (Å²) in [5.74, 6) is -0.570. The average molecular weight is 429 g/mol. The number of hydrogen-bond acceptors (Lipinski definition) is 4. The number of aromatic nitrogens is 1. The standard InChI is InChI=1S/C13H7Br2N3O2S/c14-6-4-7-10(8(15)5-6)16-13(20)11(7)17-18-12(19)9-2-1-3-21-9/h1-5,16,20H. The molecule has 0 bridgehead atoms. The Morgan fingerprint density at radius 2 is 2.14 bits per heavy atom. The smallest absolute Gasteiger partial charge is 0.305 e. The molecule has 0 atom stereocenters. The van der Waals surface area contributed by atoms with Gasteiger partial charge in [-0.2, -0.15) is 0 Å². The van der Waals surface area contributed by atoms with Crippen molar-refractivity contribution in [1.82, 2.24) is 4.98 Å². The first-order valence-corrected chi connectivity index (χ1v) is 8.22. The van der Waals surface area contributed by atoms with Gasteiger partial charge < -0.3 is 10.1 Å². The van der Waals surface area contributed by atoms with Crippen LogP contribution in [0.2, 0.25) is 0 Å². The molecular formula is C13H7Br2N3O2S. The normalized spacial score (nSPS) is 11.5. The molecule has 0 spiro atoms. The number of aromatic amines is 1. The molecule has 3 rings (SSSR count). The highest BCUT2D eigenvalue weighted by atomic mass is 79.9. The van der Waals surface area contributed by atoms with Gasteiger partial charge >= 0.3 is 5.91 Å². The number of nitrogens with zero attached hydrogens (tertiary/aromatic N) is 2. The second-order valence-electron chi connectivity index (χ2n) is 4.11. The van der Waals surface area contributed by atoms with Gasteiger partial charge in [-0.05, 0) is 39.5 Å². The number of thiophene rings is 1. The fourth-order valence-corrected chi connectivity index (χ4v) is 3.77. The number of nitrogens with one attached hydrogen (secondary N) is 1. The van der Waals surface area contributed by atoms with Crippen LogP contribution in [0.5, 0.6) is 5.88 Å². The monoisotopic (exact) mass is 427 g/mol. The Hall–Kier alpha value is -1.51. The van der Waals surface area contributed by atoms with Crippen LogP contribution in [-0.4, -0.2) is 16.0 Å². The molecule has 0 fully saturated rings. The summed E-state index contributed by atoms with van der Waals surface area (Å²) in [6.07, 6.45) is 0. The molecule has 0 saturated heterocycles. The Kier molecular flexibility index (Phi) is 3.92. The van der Waals surface area contributed by atoms with Crippen LogP contribution in [0, 0.1) is 0 Å². The van der Waals surface area contributed by atoms with Crippen LogP contribution in [0.15, 0.2) is 48.8 Å². The first-order valence-electron chi connectivity index (χ1n) is 5.75. The number of halogens is 2. The lowest BCUT2D eigenvalue weighted by atomic mass is 10.2. The lowest BCUT2D eigenvalue weighted by Gasteiger charge is -1.96. The molecule has 3 aromatic rings. The van der Waals surface area contributed by atoms with E-state index in [1.165, 1.54) is 11.3 Å². The molecule has 2 heterocycles. The molecule has 21 heavy (non-hydrogen) atoms. The van der Waals surface area contributed by atoms with E-state index in [0.717, 1.165) is 8.95 Å². The molecule has 1 aromatic carbocycles. The molecule has 2 aromatic heterocycles. The van der Waals surface area contributed by atoms with E-state index in [-0.39, 0.29) is 11.6 Å². The first kappa shape index (κ1) is 14.4. The molecule has 0 aliphatic carbocycles. The molecule has 0 aliphatic rings. The molecule has 1 amide bonds. The number of benzene rings is 1. The predicted molar refractivity (Wildman–Crippen MR) is 88.5 cm³/mol. The Labute approximate surface area is 140 Å². The number of hydrogen-bond donors (Lipinski definition) is 2. The second-order valence-corrected chi connectivity index (χ2v) is 6.83. The topological polar surface area (TPSA) is 77.8 Å². The summed E-state index contributed by atoms with van der Waals surface area (Å²) in [6, 6.07) is 7.08. The number of carbonyl (C=O) groups is 1. The molecule has 0 radical (unpaired) electrons. The van der Waals surface area contributed by atoms with Crippen LogP contribution >= 0.6 is 43.2 Å². The third-order valence-corrected chi connectivity index (χ3v) is 4.69. The van der Waals surface area contributed by atoms with Crippen molar-refractivity contribution in [2.75, 3.05) is 0 Å². The largest absolute Gasteiger partial charge is 0.493 e. The predicted octanol–water partition coefficient (Wildman–Crippen LogP) is 5.38. The Balaban J connectivity index is 2.05. The lowest BCUT2D eigenvalue weighted by Crippen LogP contribution is -1.87. The SMILES string of the molecule is O=C(N=Nc1c(O)[nH]c2c(Br)cc(Br)cc12)c1cccs1. The van der Waals surface area contributed by atoms with Crippen molar-refractivity contribution in [3.8, 4) is 5.88 Å². The Morgan fingerprint density at radius 3 is 2.86 bits per heavy atom. The fourth-order valence-electron chi connectivity index (χ4n) is 1.84. The van der Waals surface area contributed by atoms with E-state index in [1.54, 1.807) is 23.6 Å². The van der Waals surface area contributed by atoms with E-state index < -0.39 is 5.91 Å². The number of azo groups is 1. The van der Waals surface area contributed by atoms with E-state index in [9.17, 15) is 9.90 Å². The number of fused-ring (bicyclic) bond motifs is 1. The van der Waals surface area contributed by atoms with Crippen molar-refractivity contribution in [3.05, 3.63) is 43.5 Å². The summed E-state index contributed by atoms with van der Waals surface area (Å²) in [7, 11) is 0. The number of carbonyl (C=O) groups excluding carboxylic acids is 1. The maximum absolute atomic E-state index is 11.8. The minimum atomic E-state index is -0.437. The lowest BCUT2D eigenvalue weighted by molar-refractivity contribution is 0.0999. The minimum absolute atomic E-state index is 0.133. The maximum atomic E-state index is 11.8. The Bertz CT molecular complexity index is 856. The molecule has 8 heteroatoms. The van der Waals surface area contributed by atoms with Gasteiger partial charge in [0.1, 0.15) is 0 Å². The van der Waals surface area contributed by atoms with Gasteiger partial charge in [-0.15, -0.1) is 21.6 Å². The van der Waals surface area contributed by atoms with Crippen molar-refractivity contribution < 1.29 is 9.90 Å². The van der Waals surface area contributed by atoms with Gasteiger partial charge in [-0.3, -0.25) is 4.79 Å². The van der Waals surface area contributed by atoms with Gasteiger partial charge in [0, 0.05) is 14.3 Å². The summed E-state index contributed by atoms with van der Waals surface area (Å²) >= 11 is 8.06. The number of aromatic hydroxyl groups is 1. The van der Waals surface area contributed by atoms with Crippen molar-refractivity contribution in [3.63, 3.8) is 0 Å². The van der Waals surface area contributed by atoms with Crippen LogP contribution in [0.4, 0.5) is 5.69 Å². The van der Waals surface area contributed by atoms with Crippen LogP contribution in [0.25, 0.3) is 10.9 Å². The second kappa shape index (κ2) is 5.70. The van der Waals surface area contributed by atoms with Crippen LogP contribution < -0.4 is 0 Å². The van der Waals surface area contributed by atoms with E-state index in [2.05, 4.69) is 47.1 Å². The highest BCUT2D eigenvalue weighted by Crippen LogP contribution is 2.40. The summed E-state index contributed by atoms with van der Waals surface area (Å²) in [4.78, 5) is 15.1. The van der Waals surface area contributed by atoms with Gasteiger partial charge in [0.2, 0.25) is 5.88 Å². The summed E-state index contributed by atoms with van der Waals surface area (Å²) in [6.45, 7) is 0. The average Bonchev–Trinajstić information content (AvgIpc) is 3.05. The quantitative estimate of drug-likeness (QED) is 0.537. The van der Waals surface area contributed by atoms with Gasteiger partial charge in [-0.1, -0.05) is 22.0 Å². The minimum Gasteiger partial charge on any atom is -0.493 e. The van der Waals surface area contributed by atoms with Crippen molar-refractivity contribution >= 4 is 65.7 Å². The summed E-state index contributed by atoms with van der Waals surface area (Å²) < 4.78 is 1.59. The van der Waals surface area contributed by atoms with E-state index >= 15 is 0 Å². The van der Waals surface area contributed by atoms with Gasteiger partial charge in [0.05, 0.1) is 10.4 Å². The third-order valence-electron chi connectivity index (χ3n) is 2.75. The fraction of sp³-hybridized carbons (Fsp3) is 0. The molecular weight excluding hydrogens is 422 g/mol. The summed E-state index contributed by atoms with van der Waals surface area (Å²) in [5, 5.41) is 20.0. The molecule has 5 nitrogen and oxygen atoms in total. The molecule has 0 saturated carbocycles. The van der Waals surface area contributed by atoms with Crippen molar-refractivity contribution in [2.45, 2.75) is 0 Å². The zero-order chi connectivity index (χ0) is 15.0. The number of H-pyrrole nitrogens is 1. The van der Waals surface area contributed by atoms with E-state index in [4.69, 9.17) is 0 Å². The highest BCUT2D eigenvalue weighted by Gasteiger charge is 2.14. The van der Waals surface area contributed by atoms with Gasteiger partial charge in [-0.25, -0.2) is 0 Å². The molecule has 2 N–H and O–H groups in total. The summed E-state index contributed by atoms with van der Waals surface area (Å²) in [5.41, 5.74) is 0.921. The van der Waals surface area contributed by atoms with E-state index in [1.807, 2.05) is 6.07 Å². The highest BCUT2D eigenvalue weighted by molar-refractivity contribution is 9.11. The Morgan fingerprint density at radius 1 is 1.33 bits per heavy atom. The first-order chi connectivity index (χ1) is 10.1. The molecule has 106 valence electrons. The third kappa shape index (κ3) is 2.78. The number of amides is 1. The zero-order valence-corrected chi connectivity index (χ0v) is 14.3. The van der Waals surface area contributed by atoms with Gasteiger partial charge in [0.25, 0.3) is 0 Å². The van der Waals surface area contributed by atoms with Crippen molar-refractivity contribution in [1.29, 1.82) is 0 Å². The molecule has 0 aliphatic heterocycles. The van der Waals surface area contributed by atoms with Crippen LogP contribution in [-0.2, 0) is 0 Å².